The smallest absolute Gasteiger partial charge is 0.462 e. The first-order valence-electron chi connectivity index (χ1n) is 27.7. The Balaban J connectivity index is 4.09. The second-order valence-electron chi connectivity index (χ2n) is 17.7. The van der Waals surface area contributed by atoms with E-state index in [4.69, 9.17) is 24.3 Å². The fourth-order valence-corrected chi connectivity index (χ4v) is 7.76. The van der Waals surface area contributed by atoms with Crippen molar-refractivity contribution in [3.8, 4) is 0 Å². The van der Waals surface area contributed by atoms with Crippen LogP contribution in [0.2, 0.25) is 0 Å². The van der Waals surface area contributed by atoms with E-state index < -0.39 is 32.5 Å². The van der Waals surface area contributed by atoms with Crippen LogP contribution < -0.4 is 5.73 Å². The minimum Gasteiger partial charge on any atom is -0.462 e. The summed E-state index contributed by atoms with van der Waals surface area (Å²) in [5, 5.41) is 0. The average Bonchev–Trinajstić information content (AvgIpc) is 3.36. The molecule has 0 spiro atoms. The molecule has 0 saturated heterocycles. The molecule has 0 fully saturated rings. The quantitative estimate of drug-likeness (QED) is 0.0264. The minimum atomic E-state index is -4.40. The Kier molecular flexibility index (Phi) is 52.5. The monoisotopic (exact) mass is 1010 g/mol. The fraction of sp³-hybridized carbons (Fsp3) is 0.607. The molecule has 0 rings (SSSR count). The number of hydrogen-bond acceptors (Lipinski definition) is 8. The van der Waals surface area contributed by atoms with Crippen molar-refractivity contribution in [2.24, 2.45) is 5.73 Å². The van der Waals surface area contributed by atoms with Crippen LogP contribution in [0.5, 0.6) is 0 Å². The van der Waals surface area contributed by atoms with Gasteiger partial charge in [-0.15, -0.1) is 0 Å². The summed E-state index contributed by atoms with van der Waals surface area (Å²) < 4.78 is 32.9. The van der Waals surface area contributed by atoms with Gasteiger partial charge in [0.1, 0.15) is 6.61 Å². The number of unbranched alkanes of at least 4 members (excludes halogenated alkanes) is 15. The minimum absolute atomic E-state index is 0.0418. The SMILES string of the molecule is CC/C=C\C/C=C\C/C=C\C/C=C\C/C=C\C/C=C\C/C=C\C/C=C\C/C=C\C/C=C\C/C=C\CCCCCC(=O)OC(COC(=O)CCCCCCCCCCCCCCC)COP(=O)(O)OCCN. The van der Waals surface area contributed by atoms with E-state index >= 15 is 0 Å². The Morgan fingerprint density at radius 3 is 1.15 bits per heavy atom. The van der Waals surface area contributed by atoms with Crippen LogP contribution in [-0.4, -0.2) is 49.3 Å². The number of phosphoric ester groups is 1. The normalized spacial score (nSPS) is 14.1. The van der Waals surface area contributed by atoms with Gasteiger partial charge in [-0.3, -0.25) is 18.6 Å². The second kappa shape index (κ2) is 55.5. The third kappa shape index (κ3) is 55.3. The Morgan fingerprint density at radius 1 is 0.437 bits per heavy atom. The number of nitrogens with two attached hydrogens (primary N) is 1. The fourth-order valence-electron chi connectivity index (χ4n) is 6.99. The number of carbonyl (C=O) groups excluding carboxylic acids is 2. The number of ether oxygens (including phenoxy) is 2. The van der Waals surface area contributed by atoms with Crippen LogP contribution in [0.25, 0.3) is 0 Å². The van der Waals surface area contributed by atoms with Gasteiger partial charge in [-0.2, -0.15) is 0 Å². The maximum atomic E-state index is 12.7. The highest BCUT2D eigenvalue weighted by Gasteiger charge is 2.26. The molecule has 3 N–H and O–H groups in total. The maximum Gasteiger partial charge on any atom is 0.472 e. The van der Waals surface area contributed by atoms with Crippen molar-refractivity contribution in [2.75, 3.05) is 26.4 Å². The Morgan fingerprint density at radius 2 is 0.775 bits per heavy atom. The Hall–Kier alpha value is -3.85. The highest BCUT2D eigenvalue weighted by Crippen LogP contribution is 2.43. The van der Waals surface area contributed by atoms with Crippen LogP contribution in [0.15, 0.2) is 134 Å². The molecule has 0 aromatic rings. The topological polar surface area (TPSA) is 134 Å². The molecule has 0 aliphatic carbocycles. The van der Waals surface area contributed by atoms with E-state index in [1.165, 1.54) is 64.2 Å². The van der Waals surface area contributed by atoms with Crippen molar-refractivity contribution >= 4 is 19.8 Å². The summed E-state index contributed by atoms with van der Waals surface area (Å²) in [6.07, 6.45) is 77.9. The molecule has 402 valence electrons. The first-order chi connectivity index (χ1) is 34.8. The third-order valence-electron chi connectivity index (χ3n) is 11.1. The van der Waals surface area contributed by atoms with Crippen LogP contribution in [0.4, 0.5) is 0 Å². The van der Waals surface area contributed by atoms with Gasteiger partial charge >= 0.3 is 19.8 Å². The van der Waals surface area contributed by atoms with Crippen molar-refractivity contribution in [3.05, 3.63) is 134 Å². The standard InChI is InChI=1S/C61H100NO8P/c1-3-5-7-9-11-13-15-17-18-19-20-21-22-23-24-25-26-27-28-29-30-31-32-33-34-35-36-37-38-39-40-42-44-46-48-50-52-54-61(64)70-59(58-69-71(65,66)68-56-55-62)57-67-60(63)53-51-49-47-45-43-41-16-14-12-10-8-6-4-2/h5,7,11,13,17-18,20-21,23-24,26-27,29-30,32-33,35-36,38-39,42,44,59H,3-4,6,8-10,12,14-16,19,22,25,28,31,34,37,40-41,43,45-58,62H2,1-2H3,(H,65,66)/b7-5-,13-11-,18-17-,21-20-,24-23-,27-26-,30-29-,33-32-,36-35-,39-38-,44-42-. The maximum absolute atomic E-state index is 12.7. The molecule has 0 amide bonds. The molecular formula is C61H100NO8P. The lowest BCUT2D eigenvalue weighted by Crippen LogP contribution is -2.29. The molecule has 0 aromatic heterocycles. The average molecular weight is 1010 g/mol. The summed E-state index contributed by atoms with van der Waals surface area (Å²) in [5.41, 5.74) is 5.36. The van der Waals surface area contributed by atoms with E-state index in [9.17, 15) is 19.0 Å². The molecule has 0 radical (unpaired) electrons. The second-order valence-corrected chi connectivity index (χ2v) is 19.2. The lowest BCUT2D eigenvalue weighted by Gasteiger charge is -2.19. The lowest BCUT2D eigenvalue weighted by molar-refractivity contribution is -0.161. The molecule has 0 aromatic carbocycles. The van der Waals surface area contributed by atoms with Crippen LogP contribution in [0, 0.1) is 0 Å². The predicted octanol–water partition coefficient (Wildman–Crippen LogP) is 17.4. The summed E-state index contributed by atoms with van der Waals surface area (Å²) >= 11 is 0. The van der Waals surface area contributed by atoms with Gasteiger partial charge < -0.3 is 20.1 Å². The summed E-state index contributed by atoms with van der Waals surface area (Å²) in [4.78, 5) is 35.0. The van der Waals surface area contributed by atoms with Crippen molar-refractivity contribution in [2.45, 2.75) is 213 Å². The van der Waals surface area contributed by atoms with Gasteiger partial charge in [-0.25, -0.2) is 4.57 Å². The number of allylic oxidation sites excluding steroid dienone is 22. The van der Waals surface area contributed by atoms with E-state index in [0.29, 0.717) is 6.42 Å². The van der Waals surface area contributed by atoms with Gasteiger partial charge in [0.25, 0.3) is 0 Å². The van der Waals surface area contributed by atoms with Crippen LogP contribution >= 0.6 is 7.82 Å². The van der Waals surface area contributed by atoms with E-state index in [-0.39, 0.29) is 32.6 Å². The van der Waals surface area contributed by atoms with E-state index in [1.54, 1.807) is 0 Å². The molecule has 2 unspecified atom stereocenters. The highest BCUT2D eigenvalue weighted by atomic mass is 31.2. The lowest BCUT2D eigenvalue weighted by atomic mass is 10.0. The Bertz CT molecular complexity index is 1620. The van der Waals surface area contributed by atoms with Crippen molar-refractivity contribution in [3.63, 3.8) is 0 Å². The summed E-state index contributed by atoms with van der Waals surface area (Å²) in [5.74, 6) is -0.874. The van der Waals surface area contributed by atoms with E-state index in [1.807, 2.05) is 0 Å². The number of esters is 2. The molecule has 0 saturated carbocycles. The summed E-state index contributed by atoms with van der Waals surface area (Å²) in [6, 6.07) is 0. The molecule has 0 heterocycles. The van der Waals surface area contributed by atoms with Crippen LogP contribution in [0.3, 0.4) is 0 Å². The van der Waals surface area contributed by atoms with Gasteiger partial charge in [0, 0.05) is 19.4 Å². The van der Waals surface area contributed by atoms with Gasteiger partial charge in [-0.1, -0.05) is 231 Å². The van der Waals surface area contributed by atoms with Gasteiger partial charge in [-0.05, 0) is 96.3 Å². The highest BCUT2D eigenvalue weighted by molar-refractivity contribution is 7.47. The third-order valence-corrected chi connectivity index (χ3v) is 12.0. The van der Waals surface area contributed by atoms with Gasteiger partial charge in [0.05, 0.1) is 13.2 Å². The number of rotatable bonds is 50. The number of hydrogen-bond donors (Lipinski definition) is 2. The largest absolute Gasteiger partial charge is 0.472 e. The zero-order valence-corrected chi connectivity index (χ0v) is 45.5. The van der Waals surface area contributed by atoms with E-state index in [2.05, 4.69) is 148 Å². The molecule has 0 bridgehead atoms. The van der Waals surface area contributed by atoms with Crippen LogP contribution in [-0.2, 0) is 32.7 Å². The molecule has 2 atom stereocenters. The van der Waals surface area contributed by atoms with Crippen molar-refractivity contribution < 1.29 is 37.6 Å². The Labute approximate surface area is 434 Å². The molecule has 0 aliphatic rings. The van der Waals surface area contributed by atoms with Crippen LogP contribution in [0.1, 0.15) is 206 Å². The van der Waals surface area contributed by atoms with Crippen molar-refractivity contribution in [1.29, 1.82) is 0 Å². The first kappa shape index (κ1) is 67.1. The molecule has 71 heavy (non-hydrogen) atoms. The zero-order valence-electron chi connectivity index (χ0n) is 44.7. The molecule has 9 nitrogen and oxygen atoms in total. The number of phosphoric acid groups is 1. The molecular weight excluding hydrogens is 906 g/mol. The van der Waals surface area contributed by atoms with Gasteiger partial charge in [0.2, 0.25) is 0 Å². The summed E-state index contributed by atoms with van der Waals surface area (Å²) in [7, 11) is -4.40. The van der Waals surface area contributed by atoms with Gasteiger partial charge in [0.15, 0.2) is 6.10 Å². The summed E-state index contributed by atoms with van der Waals surface area (Å²) in [6.45, 7) is 3.57. The predicted molar refractivity (Wildman–Crippen MR) is 302 cm³/mol. The van der Waals surface area contributed by atoms with E-state index in [0.717, 1.165) is 109 Å². The molecule has 10 heteroatoms. The van der Waals surface area contributed by atoms with Crippen molar-refractivity contribution in [1.82, 2.24) is 0 Å². The first-order valence-corrected chi connectivity index (χ1v) is 29.2. The zero-order chi connectivity index (χ0) is 51.7. The molecule has 0 aliphatic heterocycles. The number of carbonyl (C=O) groups is 2.